The molecule has 0 bridgehead atoms. The molecule has 1 aliphatic carbocycles. The van der Waals surface area contributed by atoms with E-state index in [4.69, 9.17) is 57.6 Å². The van der Waals surface area contributed by atoms with Crippen LogP contribution in [0.3, 0.4) is 0 Å². The first kappa shape index (κ1) is 44.0. The van der Waals surface area contributed by atoms with Crippen molar-refractivity contribution in [2.24, 2.45) is 21.5 Å². The molecule has 24 heteroatoms. The summed E-state index contributed by atoms with van der Waals surface area (Å²) in [6.45, 7) is 1.78. The van der Waals surface area contributed by atoms with Gasteiger partial charge in [-0.2, -0.15) is 15.0 Å². The number of hydrogen-bond acceptors (Lipinski definition) is 18. The lowest BCUT2D eigenvalue weighted by Crippen LogP contribution is -2.38. The fourth-order valence-corrected chi connectivity index (χ4v) is 5.91. The number of amides is 2. The number of nitrogen functional groups attached to an aromatic ring is 4. The van der Waals surface area contributed by atoms with Crippen LogP contribution in [0.4, 0.5) is 41.1 Å². The van der Waals surface area contributed by atoms with Crippen molar-refractivity contribution in [2.45, 2.75) is 89.5 Å². The van der Waals surface area contributed by atoms with Crippen molar-refractivity contribution in [3.8, 4) is 0 Å². The molecular weight excluding hydrogens is 779 g/mol. The Morgan fingerprint density at radius 2 is 0.965 bits per heavy atom. The monoisotopic (exact) mass is 830 g/mol. The van der Waals surface area contributed by atoms with E-state index in [2.05, 4.69) is 71.5 Å². The highest BCUT2D eigenvalue weighted by molar-refractivity contribution is 6.32. The van der Waals surface area contributed by atoms with Crippen molar-refractivity contribution in [1.29, 1.82) is 0 Å². The Morgan fingerprint density at radius 3 is 1.40 bits per heavy atom. The molecule has 57 heavy (non-hydrogen) atoms. The van der Waals surface area contributed by atoms with E-state index in [1.165, 1.54) is 32.1 Å². The fourth-order valence-electron chi connectivity index (χ4n) is 5.66. The van der Waals surface area contributed by atoms with Crippen LogP contribution in [-0.2, 0) is 0 Å². The van der Waals surface area contributed by atoms with Gasteiger partial charge in [-0.3, -0.25) is 30.2 Å². The van der Waals surface area contributed by atoms with Crippen molar-refractivity contribution in [3.63, 3.8) is 0 Å². The summed E-state index contributed by atoms with van der Waals surface area (Å²) in [4.78, 5) is 62.6. The highest BCUT2D eigenvalue weighted by atomic mass is 35.5. The normalized spacial score (nSPS) is 14.4. The Labute approximate surface area is 340 Å². The summed E-state index contributed by atoms with van der Waals surface area (Å²) in [5, 5.41) is 14.7. The van der Waals surface area contributed by atoms with Gasteiger partial charge in [-0.05, 0) is 38.5 Å². The van der Waals surface area contributed by atoms with Gasteiger partial charge in [0.2, 0.25) is 17.8 Å². The average molecular weight is 832 g/mol. The largest absolute Gasteiger partial charge is 0.382 e. The Balaban J connectivity index is 1.27. The summed E-state index contributed by atoms with van der Waals surface area (Å²) < 4.78 is 0. The van der Waals surface area contributed by atoms with Gasteiger partial charge in [-0.25, -0.2) is 19.9 Å². The fraction of sp³-hybridized carbons (Fsp3) is 0.545. The van der Waals surface area contributed by atoms with E-state index >= 15 is 0 Å². The smallest absolute Gasteiger partial charge is 0.280 e. The van der Waals surface area contributed by atoms with Crippen LogP contribution in [0.15, 0.2) is 9.98 Å². The predicted molar refractivity (Wildman–Crippen MR) is 224 cm³/mol. The Morgan fingerprint density at radius 1 is 0.561 bits per heavy atom. The van der Waals surface area contributed by atoms with Crippen molar-refractivity contribution in [2.75, 3.05) is 65.1 Å². The minimum absolute atomic E-state index is 0.0869. The summed E-state index contributed by atoms with van der Waals surface area (Å²) in [5.74, 6) is -0.807. The van der Waals surface area contributed by atoms with Gasteiger partial charge in [0.25, 0.3) is 11.8 Å². The second-order valence-electron chi connectivity index (χ2n) is 13.2. The summed E-state index contributed by atoms with van der Waals surface area (Å²) in [5.41, 5.74) is 33.9. The molecule has 3 heterocycles. The number of rotatable bonds is 16. The summed E-state index contributed by atoms with van der Waals surface area (Å²) in [7, 11) is 0. The molecule has 4 rings (SSSR count). The van der Waals surface area contributed by atoms with E-state index in [0.717, 1.165) is 25.7 Å². The Kier molecular flexibility index (Phi) is 17.5. The molecule has 3 aromatic heterocycles. The molecule has 0 unspecified atom stereocenters. The van der Waals surface area contributed by atoms with Crippen LogP contribution in [0, 0.1) is 0 Å². The summed E-state index contributed by atoms with van der Waals surface area (Å²) >= 11 is 11.7. The van der Waals surface area contributed by atoms with Crippen LogP contribution < -0.4 is 61.0 Å². The Bertz CT molecular complexity index is 1750. The molecule has 0 spiro atoms. The minimum Gasteiger partial charge on any atom is -0.382 e. The minimum atomic E-state index is -0.706. The Hall–Kier alpha value is -5.77. The van der Waals surface area contributed by atoms with Gasteiger partial charge in [0, 0.05) is 32.2 Å². The third-order valence-electron chi connectivity index (χ3n) is 8.60. The standard InChI is InChI=1S/C33H52Cl2N20O2/c34-21-25(38)49-23(36)19(47-21)27(56)51-29(40)42-14-8-10-16-44-31-53-32(55-33(54-31)46-18-12-6-4-2-1-3-5-7-13-18)45-17-11-9-15-43-30(41)52-28(57)20-24(37)50-26(39)22(35)48-20/h18H,1-17H2,(H4,36,38,49)(H4,37,39,50)(H3,40,42,51,56)(H3,41,43,52,57)(H3,44,45,46,53,54,55). The van der Waals surface area contributed by atoms with E-state index < -0.39 is 11.8 Å². The number of aliphatic imine (C=N–C) groups is 2. The zero-order valence-electron chi connectivity index (χ0n) is 31.7. The van der Waals surface area contributed by atoms with Crippen LogP contribution in [0.5, 0.6) is 0 Å². The maximum Gasteiger partial charge on any atom is 0.280 e. The van der Waals surface area contributed by atoms with Crippen LogP contribution >= 0.6 is 23.2 Å². The van der Waals surface area contributed by atoms with Gasteiger partial charge in [0.05, 0.1) is 0 Å². The third kappa shape index (κ3) is 15.0. The van der Waals surface area contributed by atoms with Crippen LogP contribution in [0.2, 0.25) is 10.3 Å². The van der Waals surface area contributed by atoms with Gasteiger partial charge >= 0.3 is 0 Å². The van der Waals surface area contributed by atoms with E-state index in [0.29, 0.717) is 69.7 Å². The van der Waals surface area contributed by atoms with E-state index in [1.807, 2.05) is 0 Å². The zero-order valence-corrected chi connectivity index (χ0v) is 33.2. The molecule has 17 N–H and O–H groups in total. The number of nitrogens with two attached hydrogens (primary N) is 6. The van der Waals surface area contributed by atoms with Crippen molar-refractivity contribution in [3.05, 3.63) is 21.7 Å². The number of guanidine groups is 2. The SMILES string of the molecule is NC(=NCCCCNc1nc(NCCCCN=C(N)NC(=O)c2nc(Cl)c(N)nc2N)nc(NC2CCCCCCCCC2)n1)NC(=O)c1nc(Cl)c(N)nc1N. The molecule has 1 saturated carbocycles. The quantitative estimate of drug-likeness (QED) is 0.0560. The molecule has 0 saturated heterocycles. The summed E-state index contributed by atoms with van der Waals surface area (Å²) in [6.07, 6.45) is 13.4. The first-order valence-corrected chi connectivity index (χ1v) is 19.5. The molecular formula is C33H52Cl2N20O2. The van der Waals surface area contributed by atoms with Crippen molar-refractivity contribution in [1.82, 2.24) is 45.5 Å². The maximum absolute atomic E-state index is 12.5. The zero-order chi connectivity index (χ0) is 41.2. The lowest BCUT2D eigenvalue weighted by Gasteiger charge is -2.20. The number of carbonyl (C=O) groups excluding carboxylic acids is 2. The highest BCUT2D eigenvalue weighted by Crippen LogP contribution is 2.21. The lowest BCUT2D eigenvalue weighted by molar-refractivity contribution is 0.0964. The molecule has 1 fully saturated rings. The molecule has 0 radical (unpaired) electrons. The average Bonchev–Trinajstić information content (AvgIpc) is 3.16. The van der Waals surface area contributed by atoms with Gasteiger partial charge in [0.15, 0.2) is 56.9 Å². The number of nitrogens with zero attached hydrogens (tertiary/aromatic N) is 9. The van der Waals surface area contributed by atoms with Gasteiger partial charge < -0.3 is 50.4 Å². The van der Waals surface area contributed by atoms with Crippen LogP contribution in [0.1, 0.15) is 104 Å². The number of unbranched alkanes of at least 4 members (excludes halogenated alkanes) is 2. The predicted octanol–water partition coefficient (Wildman–Crippen LogP) is 2.27. The van der Waals surface area contributed by atoms with E-state index in [-0.39, 0.29) is 62.9 Å². The summed E-state index contributed by atoms with van der Waals surface area (Å²) in [6, 6.07) is 0.264. The molecule has 22 nitrogen and oxygen atoms in total. The number of nitrogens with one attached hydrogen (secondary N) is 5. The van der Waals surface area contributed by atoms with Gasteiger partial charge in [-0.15, -0.1) is 0 Å². The molecule has 0 atom stereocenters. The highest BCUT2D eigenvalue weighted by Gasteiger charge is 2.18. The number of halogens is 2. The van der Waals surface area contributed by atoms with Crippen molar-refractivity contribution >= 4 is 88.1 Å². The van der Waals surface area contributed by atoms with E-state index in [1.54, 1.807) is 0 Å². The number of hydrogen-bond donors (Lipinski definition) is 11. The second-order valence-corrected chi connectivity index (χ2v) is 13.9. The lowest BCUT2D eigenvalue weighted by atomic mass is 9.97. The first-order chi connectivity index (χ1) is 27.4. The molecule has 3 aromatic rings. The van der Waals surface area contributed by atoms with Crippen molar-refractivity contribution < 1.29 is 9.59 Å². The van der Waals surface area contributed by atoms with Gasteiger partial charge in [-0.1, -0.05) is 68.1 Å². The van der Waals surface area contributed by atoms with Crippen LogP contribution in [0.25, 0.3) is 0 Å². The third-order valence-corrected chi connectivity index (χ3v) is 9.15. The molecule has 0 aromatic carbocycles. The number of anilines is 7. The molecule has 2 amide bonds. The molecule has 1 aliphatic rings. The number of carbonyl (C=O) groups is 2. The number of aromatic nitrogens is 7. The topological polar surface area (TPSA) is 365 Å². The maximum atomic E-state index is 12.5. The second kappa shape index (κ2) is 22.7. The van der Waals surface area contributed by atoms with Crippen LogP contribution in [-0.4, -0.2) is 90.8 Å². The molecule has 310 valence electrons. The molecule has 0 aliphatic heterocycles. The first-order valence-electron chi connectivity index (χ1n) is 18.8. The van der Waals surface area contributed by atoms with Gasteiger partial charge in [0.1, 0.15) is 0 Å². The van der Waals surface area contributed by atoms with E-state index in [9.17, 15) is 9.59 Å².